The van der Waals surface area contributed by atoms with E-state index in [-0.39, 0.29) is 33.2 Å². The van der Waals surface area contributed by atoms with Gasteiger partial charge in [0.05, 0.1) is 6.10 Å². The van der Waals surface area contributed by atoms with E-state index in [1.54, 1.807) is 0 Å². The van der Waals surface area contributed by atoms with Gasteiger partial charge in [0.15, 0.2) is 5.78 Å². The molecule has 0 N–H and O–H groups in total. The lowest BCUT2D eigenvalue weighted by molar-refractivity contribution is -0.159. The monoisotopic (exact) mass is 468 g/mol. The van der Waals surface area contributed by atoms with Gasteiger partial charge in [-0.3, -0.25) is 9.59 Å². The van der Waals surface area contributed by atoms with Gasteiger partial charge < -0.3 is 4.74 Å². The lowest BCUT2D eigenvalue weighted by Gasteiger charge is -2.62. The molecule has 0 saturated heterocycles. The molecule has 3 fully saturated rings. The van der Waals surface area contributed by atoms with Gasteiger partial charge >= 0.3 is 0 Å². The first kappa shape index (κ1) is 24.7. The summed E-state index contributed by atoms with van der Waals surface area (Å²) in [4.78, 5) is 26.8. The van der Waals surface area contributed by atoms with Crippen LogP contribution in [0.2, 0.25) is 0 Å². The van der Waals surface area contributed by atoms with Crippen LogP contribution in [0.1, 0.15) is 113 Å². The fourth-order valence-corrected chi connectivity index (χ4v) is 10.8. The third-order valence-electron chi connectivity index (χ3n) is 12.7. The highest BCUT2D eigenvalue weighted by molar-refractivity contribution is 5.98. The molecular weight excluding hydrogens is 420 g/mol. The molecule has 5 aliphatic carbocycles. The van der Waals surface area contributed by atoms with Crippen LogP contribution in [0.3, 0.4) is 0 Å². The number of methoxy groups -OCH3 is 1. The van der Waals surface area contributed by atoms with Crippen LogP contribution in [0.5, 0.6) is 0 Å². The second-order valence-corrected chi connectivity index (χ2v) is 14.8. The maximum Gasteiger partial charge on any atom is 0.159 e. The summed E-state index contributed by atoms with van der Waals surface area (Å²) in [6, 6.07) is 0. The number of fused-ring (bicyclic) bond motifs is 5. The molecule has 0 aromatic rings. The van der Waals surface area contributed by atoms with Crippen molar-refractivity contribution < 1.29 is 14.3 Å². The molecule has 0 spiro atoms. The fraction of sp³-hybridized carbons (Fsp3) is 0.871. The lowest BCUT2D eigenvalue weighted by Crippen LogP contribution is -2.57. The SMILES string of the molecule is CO[C@H]1CC[C@]2(C)C3=C(C[C@]4(C)CCC5C(C)(C)C(=O)CC[C@]5(C)[C@H]4CC3)C(=O)C[C@H]2C1(C)C. The molecule has 0 bridgehead atoms. The Morgan fingerprint density at radius 3 is 2.18 bits per heavy atom. The summed E-state index contributed by atoms with van der Waals surface area (Å²) >= 11 is 0. The molecule has 0 heterocycles. The zero-order valence-electron chi connectivity index (χ0n) is 23.1. The molecule has 5 rings (SSSR count). The second kappa shape index (κ2) is 7.53. The molecular formula is C31H48O3. The van der Waals surface area contributed by atoms with Crippen molar-refractivity contribution in [3.05, 3.63) is 11.1 Å². The summed E-state index contributed by atoms with van der Waals surface area (Å²) in [5.74, 6) is 2.29. The van der Waals surface area contributed by atoms with Crippen molar-refractivity contribution >= 4 is 11.6 Å². The van der Waals surface area contributed by atoms with Crippen molar-refractivity contribution in [2.45, 2.75) is 119 Å². The number of hydrogen-bond acceptors (Lipinski definition) is 3. The Balaban J connectivity index is 1.54. The van der Waals surface area contributed by atoms with Crippen LogP contribution in [0.15, 0.2) is 11.1 Å². The van der Waals surface area contributed by atoms with E-state index in [9.17, 15) is 9.59 Å². The van der Waals surface area contributed by atoms with E-state index in [1.807, 2.05) is 7.11 Å². The molecule has 0 radical (unpaired) electrons. The predicted molar refractivity (Wildman–Crippen MR) is 136 cm³/mol. The molecule has 190 valence electrons. The second-order valence-electron chi connectivity index (χ2n) is 14.8. The minimum absolute atomic E-state index is 0.00371. The van der Waals surface area contributed by atoms with E-state index < -0.39 is 0 Å². The normalized spacial score (nSPS) is 47.8. The summed E-state index contributed by atoms with van der Waals surface area (Å²) in [7, 11) is 1.84. The summed E-state index contributed by atoms with van der Waals surface area (Å²) in [6.07, 6.45) is 10.4. The third-order valence-corrected chi connectivity index (χ3v) is 12.7. The predicted octanol–water partition coefficient (Wildman–Crippen LogP) is 7.33. The highest BCUT2D eigenvalue weighted by Gasteiger charge is 2.63. The largest absolute Gasteiger partial charge is 0.381 e. The first-order valence-electron chi connectivity index (χ1n) is 14.0. The number of carbonyl (C=O) groups is 2. The molecule has 0 amide bonds. The van der Waals surface area contributed by atoms with Gasteiger partial charge in [-0.2, -0.15) is 0 Å². The smallest absolute Gasteiger partial charge is 0.159 e. The maximum absolute atomic E-state index is 13.8. The number of ketones is 2. The van der Waals surface area contributed by atoms with Crippen molar-refractivity contribution in [2.24, 2.45) is 44.8 Å². The Labute approximate surface area is 207 Å². The van der Waals surface area contributed by atoms with Crippen molar-refractivity contribution in [3.8, 4) is 0 Å². The minimum atomic E-state index is -0.219. The Morgan fingerprint density at radius 1 is 0.794 bits per heavy atom. The minimum Gasteiger partial charge on any atom is -0.381 e. The van der Waals surface area contributed by atoms with Crippen LogP contribution in [0, 0.1) is 44.8 Å². The van der Waals surface area contributed by atoms with Gasteiger partial charge in [0, 0.05) is 25.4 Å². The van der Waals surface area contributed by atoms with E-state index in [0.717, 1.165) is 51.4 Å². The molecule has 0 aromatic heterocycles. The van der Waals surface area contributed by atoms with Crippen molar-refractivity contribution in [1.82, 2.24) is 0 Å². The molecule has 1 unspecified atom stereocenters. The van der Waals surface area contributed by atoms with Gasteiger partial charge in [-0.15, -0.1) is 0 Å². The van der Waals surface area contributed by atoms with Crippen LogP contribution in [0.4, 0.5) is 0 Å². The average Bonchev–Trinajstić information content (AvgIpc) is 2.91. The maximum atomic E-state index is 13.8. The molecule has 3 nitrogen and oxygen atoms in total. The molecule has 7 atom stereocenters. The van der Waals surface area contributed by atoms with Crippen molar-refractivity contribution in [1.29, 1.82) is 0 Å². The Bertz CT molecular complexity index is 940. The van der Waals surface area contributed by atoms with E-state index in [0.29, 0.717) is 35.7 Å². The van der Waals surface area contributed by atoms with E-state index >= 15 is 0 Å². The number of Topliss-reactive ketones (excluding diaryl/α,β-unsaturated/α-hetero) is 2. The van der Waals surface area contributed by atoms with E-state index in [2.05, 4.69) is 48.5 Å². The first-order valence-corrected chi connectivity index (χ1v) is 14.0. The number of ether oxygens (including phenoxy) is 1. The lowest BCUT2D eigenvalue weighted by atomic mass is 9.42. The number of allylic oxidation sites excluding steroid dienone is 2. The summed E-state index contributed by atoms with van der Waals surface area (Å²) in [6.45, 7) is 16.6. The van der Waals surface area contributed by atoms with Gasteiger partial charge in [0.1, 0.15) is 5.78 Å². The molecule has 5 aliphatic rings. The van der Waals surface area contributed by atoms with Gasteiger partial charge in [-0.05, 0) is 96.4 Å². The zero-order chi connectivity index (χ0) is 24.9. The van der Waals surface area contributed by atoms with E-state index in [4.69, 9.17) is 4.74 Å². The summed E-state index contributed by atoms with van der Waals surface area (Å²) < 4.78 is 5.94. The standard InChI is InChI=1S/C31H48O3/c1-27(2)22-11-14-29(5)18-19-20(9-10-23(29)31(22,7)15-12-25(27)33)30(6)16-13-26(34-8)28(3,4)24(30)17-21(19)32/h22-24,26H,9-18H2,1-8H3/t22?,23-,24-,26-,29-,30+,31-/m0/s1. The number of hydrogen-bond donors (Lipinski definition) is 0. The topological polar surface area (TPSA) is 43.4 Å². The van der Waals surface area contributed by atoms with Crippen LogP contribution in [-0.4, -0.2) is 24.8 Å². The first-order chi connectivity index (χ1) is 15.7. The van der Waals surface area contributed by atoms with Crippen LogP contribution in [0.25, 0.3) is 0 Å². The highest BCUT2D eigenvalue weighted by Crippen LogP contribution is 2.69. The molecule has 3 heteroatoms. The number of carbonyl (C=O) groups excluding carboxylic acids is 2. The Hall–Kier alpha value is -0.960. The Morgan fingerprint density at radius 2 is 1.50 bits per heavy atom. The molecule has 34 heavy (non-hydrogen) atoms. The van der Waals surface area contributed by atoms with Crippen LogP contribution >= 0.6 is 0 Å². The van der Waals surface area contributed by atoms with Gasteiger partial charge in [-0.1, -0.05) is 54.0 Å². The molecule has 0 aliphatic heterocycles. The van der Waals surface area contributed by atoms with E-state index in [1.165, 1.54) is 17.6 Å². The zero-order valence-corrected chi connectivity index (χ0v) is 23.1. The van der Waals surface area contributed by atoms with Gasteiger partial charge in [0.25, 0.3) is 0 Å². The quantitative estimate of drug-likeness (QED) is 0.405. The molecule has 0 aromatic carbocycles. The summed E-state index contributed by atoms with van der Waals surface area (Å²) in [5.41, 5.74) is 2.97. The van der Waals surface area contributed by atoms with Crippen LogP contribution < -0.4 is 0 Å². The highest BCUT2D eigenvalue weighted by atomic mass is 16.5. The average molecular weight is 469 g/mol. The van der Waals surface area contributed by atoms with Gasteiger partial charge in [0.2, 0.25) is 0 Å². The van der Waals surface area contributed by atoms with Gasteiger partial charge in [-0.25, -0.2) is 0 Å². The molecule has 3 saturated carbocycles. The van der Waals surface area contributed by atoms with Crippen molar-refractivity contribution in [2.75, 3.05) is 7.11 Å². The van der Waals surface area contributed by atoms with Crippen LogP contribution in [-0.2, 0) is 14.3 Å². The third kappa shape index (κ3) is 3.10. The van der Waals surface area contributed by atoms with Crippen molar-refractivity contribution in [3.63, 3.8) is 0 Å². The Kier molecular flexibility index (Phi) is 5.47. The number of rotatable bonds is 1. The summed E-state index contributed by atoms with van der Waals surface area (Å²) in [5, 5.41) is 0. The fourth-order valence-electron chi connectivity index (χ4n) is 10.8.